The minimum Gasteiger partial charge on any atom is -0.340 e. The van der Waals surface area contributed by atoms with Crippen LogP contribution < -0.4 is 10.0 Å². The van der Waals surface area contributed by atoms with Gasteiger partial charge in [-0.3, -0.25) is 4.72 Å². The van der Waals surface area contributed by atoms with E-state index in [0.717, 1.165) is 0 Å². The molecule has 106 valence electrons. The number of nitrogens with zero attached hydrogens (tertiary/aromatic N) is 1. The number of benzene rings is 1. The third-order valence-electron chi connectivity index (χ3n) is 2.53. The van der Waals surface area contributed by atoms with Gasteiger partial charge in [0.05, 0.1) is 17.6 Å². The van der Waals surface area contributed by atoms with Crippen LogP contribution in [0.2, 0.25) is 0 Å². The maximum Gasteiger partial charge on any atom is 0.232 e. The van der Waals surface area contributed by atoms with Crippen LogP contribution in [0.1, 0.15) is 6.92 Å². The van der Waals surface area contributed by atoms with Gasteiger partial charge in [0, 0.05) is 5.69 Å². The summed E-state index contributed by atoms with van der Waals surface area (Å²) in [6.45, 7) is 1.56. The highest BCUT2D eigenvalue weighted by atomic mass is 32.2. The zero-order valence-electron chi connectivity index (χ0n) is 10.8. The molecule has 1 aromatic carbocycles. The molecule has 0 aliphatic rings. The Morgan fingerprint density at radius 3 is 2.30 bits per heavy atom. The van der Waals surface area contributed by atoms with Crippen LogP contribution in [-0.2, 0) is 10.0 Å². The first-order valence-corrected chi connectivity index (χ1v) is 7.63. The predicted molar refractivity (Wildman–Crippen MR) is 77.0 cm³/mol. The van der Waals surface area contributed by atoms with Crippen molar-refractivity contribution in [2.75, 3.05) is 15.8 Å². The van der Waals surface area contributed by atoms with E-state index >= 15 is 0 Å². The van der Waals surface area contributed by atoms with E-state index in [4.69, 9.17) is 0 Å². The Morgan fingerprint density at radius 2 is 1.75 bits per heavy atom. The molecule has 20 heavy (non-hydrogen) atoms. The molecule has 0 unspecified atom stereocenters. The molecule has 7 heteroatoms. The molecule has 0 aliphatic heterocycles. The average molecular weight is 295 g/mol. The Balaban J connectivity index is 2.07. The van der Waals surface area contributed by atoms with E-state index in [-0.39, 0.29) is 11.6 Å². The van der Waals surface area contributed by atoms with Crippen molar-refractivity contribution >= 4 is 27.2 Å². The van der Waals surface area contributed by atoms with Crippen LogP contribution in [0.5, 0.6) is 0 Å². The van der Waals surface area contributed by atoms with Crippen molar-refractivity contribution in [1.29, 1.82) is 0 Å². The average Bonchev–Trinajstić information content (AvgIpc) is 2.43. The molecular formula is C13H14FN3O2S. The lowest BCUT2D eigenvalue weighted by Gasteiger charge is -2.08. The Bertz CT molecular complexity index is 670. The van der Waals surface area contributed by atoms with E-state index in [2.05, 4.69) is 15.0 Å². The summed E-state index contributed by atoms with van der Waals surface area (Å²) in [7, 11) is -3.30. The summed E-state index contributed by atoms with van der Waals surface area (Å²) in [6.07, 6.45) is 1.42. The topological polar surface area (TPSA) is 71.1 Å². The van der Waals surface area contributed by atoms with Gasteiger partial charge in [0.25, 0.3) is 0 Å². The van der Waals surface area contributed by atoms with E-state index in [1.807, 2.05) is 0 Å². The van der Waals surface area contributed by atoms with E-state index in [0.29, 0.717) is 17.2 Å². The SMILES string of the molecule is CCS(=O)(=O)Nc1ccc(Nc2ccc(F)cc2)nc1. The van der Waals surface area contributed by atoms with Crippen LogP contribution in [0, 0.1) is 5.82 Å². The van der Waals surface area contributed by atoms with Crippen LogP contribution in [0.3, 0.4) is 0 Å². The van der Waals surface area contributed by atoms with Gasteiger partial charge in [-0.2, -0.15) is 0 Å². The first kappa shape index (κ1) is 14.3. The van der Waals surface area contributed by atoms with Gasteiger partial charge in [0.1, 0.15) is 11.6 Å². The predicted octanol–water partition coefficient (Wildman–Crippen LogP) is 2.73. The molecule has 0 saturated heterocycles. The Kier molecular flexibility index (Phi) is 4.19. The first-order chi connectivity index (χ1) is 9.48. The van der Waals surface area contributed by atoms with E-state index in [1.165, 1.54) is 18.3 Å². The number of nitrogens with one attached hydrogen (secondary N) is 2. The van der Waals surface area contributed by atoms with Crippen molar-refractivity contribution in [3.63, 3.8) is 0 Å². The Hall–Kier alpha value is -2.15. The number of rotatable bonds is 5. The van der Waals surface area contributed by atoms with Gasteiger partial charge in [-0.25, -0.2) is 17.8 Å². The third-order valence-corrected chi connectivity index (χ3v) is 3.84. The third kappa shape index (κ3) is 3.92. The fourth-order valence-electron chi connectivity index (χ4n) is 1.46. The molecule has 0 amide bonds. The zero-order chi connectivity index (χ0) is 14.6. The van der Waals surface area contributed by atoms with Gasteiger partial charge in [-0.05, 0) is 43.3 Å². The minimum absolute atomic E-state index is 0.00256. The van der Waals surface area contributed by atoms with Crippen molar-refractivity contribution in [2.24, 2.45) is 0 Å². The summed E-state index contributed by atoms with van der Waals surface area (Å²) in [4.78, 5) is 4.08. The molecule has 0 saturated carbocycles. The van der Waals surface area contributed by atoms with Crippen molar-refractivity contribution in [1.82, 2.24) is 4.98 Å². The maximum atomic E-state index is 12.8. The Labute approximate surface area is 116 Å². The van der Waals surface area contributed by atoms with Gasteiger partial charge in [-0.15, -0.1) is 0 Å². The van der Waals surface area contributed by atoms with Gasteiger partial charge in [0.2, 0.25) is 10.0 Å². The molecule has 0 radical (unpaired) electrons. The molecule has 0 aliphatic carbocycles. The highest BCUT2D eigenvalue weighted by molar-refractivity contribution is 7.92. The number of halogens is 1. The number of aromatic nitrogens is 1. The number of anilines is 3. The number of sulfonamides is 1. The molecule has 2 N–H and O–H groups in total. The Morgan fingerprint density at radius 1 is 1.10 bits per heavy atom. The number of hydrogen-bond acceptors (Lipinski definition) is 4. The molecule has 0 fully saturated rings. The summed E-state index contributed by atoms with van der Waals surface area (Å²) in [5.74, 6) is 0.228. The van der Waals surface area contributed by atoms with E-state index < -0.39 is 10.0 Å². The minimum atomic E-state index is -3.30. The standard InChI is InChI=1S/C13H14FN3O2S/c1-2-20(18,19)17-12-7-8-13(15-9-12)16-11-5-3-10(14)4-6-11/h3-9,17H,2H2,1H3,(H,15,16). The van der Waals surface area contributed by atoms with E-state index in [9.17, 15) is 12.8 Å². The van der Waals surface area contributed by atoms with Crippen molar-refractivity contribution in [2.45, 2.75) is 6.92 Å². The maximum absolute atomic E-state index is 12.8. The summed E-state index contributed by atoms with van der Waals surface area (Å²) in [5.41, 5.74) is 1.09. The molecule has 1 heterocycles. The number of pyridine rings is 1. The molecule has 2 rings (SSSR count). The largest absolute Gasteiger partial charge is 0.340 e. The molecular weight excluding hydrogens is 281 g/mol. The van der Waals surface area contributed by atoms with Crippen LogP contribution in [0.25, 0.3) is 0 Å². The lowest BCUT2D eigenvalue weighted by Crippen LogP contribution is -2.14. The van der Waals surface area contributed by atoms with Gasteiger partial charge in [-0.1, -0.05) is 0 Å². The van der Waals surface area contributed by atoms with Gasteiger partial charge >= 0.3 is 0 Å². The molecule has 2 aromatic rings. The normalized spacial score (nSPS) is 11.1. The fraction of sp³-hybridized carbons (Fsp3) is 0.154. The summed E-state index contributed by atoms with van der Waals surface area (Å²) in [5, 5.41) is 2.98. The monoisotopic (exact) mass is 295 g/mol. The quantitative estimate of drug-likeness (QED) is 0.889. The molecule has 0 bridgehead atoms. The van der Waals surface area contributed by atoms with Crippen LogP contribution in [-0.4, -0.2) is 19.2 Å². The zero-order valence-corrected chi connectivity index (χ0v) is 11.6. The second-order valence-corrected chi connectivity index (χ2v) is 6.08. The molecule has 1 aromatic heterocycles. The summed E-state index contributed by atoms with van der Waals surface area (Å²) >= 11 is 0. The fourth-order valence-corrected chi connectivity index (χ4v) is 2.09. The smallest absolute Gasteiger partial charge is 0.232 e. The summed E-state index contributed by atoms with van der Waals surface area (Å²) < 4.78 is 37.9. The molecule has 0 spiro atoms. The van der Waals surface area contributed by atoms with Crippen LogP contribution in [0.15, 0.2) is 42.6 Å². The number of hydrogen-bond donors (Lipinski definition) is 2. The lowest BCUT2D eigenvalue weighted by molar-refractivity contribution is 0.602. The van der Waals surface area contributed by atoms with Gasteiger partial charge in [0.15, 0.2) is 0 Å². The van der Waals surface area contributed by atoms with Crippen molar-refractivity contribution in [3.8, 4) is 0 Å². The summed E-state index contributed by atoms with van der Waals surface area (Å²) in [6, 6.07) is 9.09. The molecule has 0 atom stereocenters. The molecule has 5 nitrogen and oxygen atoms in total. The van der Waals surface area contributed by atoms with E-state index in [1.54, 1.807) is 31.2 Å². The van der Waals surface area contributed by atoms with Gasteiger partial charge < -0.3 is 5.32 Å². The lowest BCUT2D eigenvalue weighted by atomic mass is 10.3. The second-order valence-electron chi connectivity index (χ2n) is 4.07. The second kappa shape index (κ2) is 5.87. The van der Waals surface area contributed by atoms with Crippen LogP contribution in [0.4, 0.5) is 21.6 Å². The van der Waals surface area contributed by atoms with Crippen molar-refractivity contribution in [3.05, 3.63) is 48.4 Å². The van der Waals surface area contributed by atoms with Crippen LogP contribution >= 0.6 is 0 Å². The highest BCUT2D eigenvalue weighted by Crippen LogP contribution is 2.17. The highest BCUT2D eigenvalue weighted by Gasteiger charge is 2.06. The first-order valence-electron chi connectivity index (χ1n) is 5.97. The van der Waals surface area contributed by atoms with Crippen molar-refractivity contribution < 1.29 is 12.8 Å².